The molecule has 0 spiro atoms. The summed E-state index contributed by atoms with van der Waals surface area (Å²) in [5.41, 5.74) is 11.0. The summed E-state index contributed by atoms with van der Waals surface area (Å²) in [6.07, 6.45) is 0.0627. The number of hydrogen-bond donors (Lipinski definition) is 3. The molecule has 0 radical (unpaired) electrons. The summed E-state index contributed by atoms with van der Waals surface area (Å²) in [6.45, 7) is 3.49. The third-order valence-corrected chi connectivity index (χ3v) is 4.81. The Morgan fingerprint density at radius 3 is 2.62 bits per heavy atom. The van der Waals surface area contributed by atoms with Crippen LogP contribution in [-0.2, 0) is 4.79 Å². The predicted octanol–water partition coefficient (Wildman–Crippen LogP) is 2.63. The second kappa shape index (κ2) is 5.65. The van der Waals surface area contributed by atoms with Gasteiger partial charge in [0.05, 0.1) is 5.69 Å². The minimum absolute atomic E-state index is 0.0627. The number of carbonyl (C=O) groups is 2. The number of carbonyl (C=O) groups excluding carboxylic acids is 2. The van der Waals surface area contributed by atoms with Crippen molar-refractivity contribution in [2.24, 2.45) is 5.73 Å². The standard InChI is InChI=1S/C14H16BrN3O2S/c1-14(2,6-9(16)19)18-13(20)12-11(17)10-7(15)4-3-5-8(10)21-12/h3-5H,6,17H2,1-2H3,(H2,16,19)(H,18,20). The highest BCUT2D eigenvalue weighted by atomic mass is 79.9. The largest absolute Gasteiger partial charge is 0.397 e. The van der Waals surface area contributed by atoms with E-state index in [9.17, 15) is 9.59 Å². The van der Waals surface area contributed by atoms with E-state index >= 15 is 0 Å². The van der Waals surface area contributed by atoms with Crippen LogP contribution in [0.15, 0.2) is 22.7 Å². The van der Waals surface area contributed by atoms with Gasteiger partial charge in [-0.3, -0.25) is 9.59 Å². The summed E-state index contributed by atoms with van der Waals surface area (Å²) in [6, 6.07) is 5.68. The van der Waals surface area contributed by atoms with Crippen LogP contribution in [0.3, 0.4) is 0 Å². The Bertz CT molecular complexity index is 724. The molecule has 5 nitrogen and oxygen atoms in total. The number of thiophene rings is 1. The van der Waals surface area contributed by atoms with Crippen molar-refractivity contribution in [1.82, 2.24) is 5.32 Å². The van der Waals surface area contributed by atoms with Crippen LogP contribution in [0.4, 0.5) is 5.69 Å². The van der Waals surface area contributed by atoms with Crippen molar-refractivity contribution in [2.75, 3.05) is 5.73 Å². The SMILES string of the molecule is CC(C)(CC(N)=O)NC(=O)c1sc2cccc(Br)c2c1N. The van der Waals surface area contributed by atoms with Crippen molar-refractivity contribution in [1.29, 1.82) is 0 Å². The number of rotatable bonds is 4. The lowest BCUT2D eigenvalue weighted by Gasteiger charge is -2.24. The van der Waals surface area contributed by atoms with E-state index in [1.807, 2.05) is 18.2 Å². The molecule has 7 heteroatoms. The molecule has 2 amide bonds. The number of amides is 2. The first-order chi connectivity index (χ1) is 9.71. The average Bonchev–Trinajstić information content (AvgIpc) is 2.65. The monoisotopic (exact) mass is 369 g/mol. The van der Waals surface area contributed by atoms with Crippen molar-refractivity contribution >= 4 is 54.9 Å². The third-order valence-electron chi connectivity index (χ3n) is 2.98. The Morgan fingerprint density at radius 2 is 2.05 bits per heavy atom. The van der Waals surface area contributed by atoms with Gasteiger partial charge >= 0.3 is 0 Å². The van der Waals surface area contributed by atoms with Gasteiger partial charge in [-0.25, -0.2) is 0 Å². The number of nitrogens with one attached hydrogen (secondary N) is 1. The van der Waals surface area contributed by atoms with Gasteiger partial charge in [0, 0.05) is 26.5 Å². The zero-order valence-corrected chi connectivity index (χ0v) is 14.1. The fraction of sp³-hybridized carbons (Fsp3) is 0.286. The Hall–Kier alpha value is -1.60. The zero-order chi connectivity index (χ0) is 15.8. The van der Waals surface area contributed by atoms with Crippen molar-refractivity contribution in [3.05, 3.63) is 27.5 Å². The molecule has 0 fully saturated rings. The van der Waals surface area contributed by atoms with Gasteiger partial charge in [-0.1, -0.05) is 22.0 Å². The first-order valence-corrected chi connectivity index (χ1v) is 7.89. The van der Waals surface area contributed by atoms with Gasteiger partial charge in [-0.2, -0.15) is 0 Å². The van der Waals surface area contributed by atoms with E-state index in [2.05, 4.69) is 21.2 Å². The molecule has 0 saturated carbocycles. The first-order valence-electron chi connectivity index (χ1n) is 6.28. The molecule has 0 aliphatic carbocycles. The van der Waals surface area contributed by atoms with Gasteiger partial charge in [0.1, 0.15) is 4.88 Å². The molecule has 1 heterocycles. The van der Waals surface area contributed by atoms with E-state index in [-0.39, 0.29) is 12.3 Å². The highest BCUT2D eigenvalue weighted by Gasteiger charge is 2.26. The van der Waals surface area contributed by atoms with Crippen LogP contribution in [0.25, 0.3) is 10.1 Å². The molecule has 112 valence electrons. The Morgan fingerprint density at radius 1 is 1.38 bits per heavy atom. The van der Waals surface area contributed by atoms with Crippen LogP contribution in [-0.4, -0.2) is 17.4 Å². The molecule has 1 aromatic carbocycles. The van der Waals surface area contributed by atoms with Gasteiger partial charge in [0.15, 0.2) is 0 Å². The first kappa shape index (κ1) is 15.8. The normalized spacial score (nSPS) is 11.6. The van der Waals surface area contributed by atoms with Gasteiger partial charge in [0.25, 0.3) is 5.91 Å². The van der Waals surface area contributed by atoms with Crippen molar-refractivity contribution in [2.45, 2.75) is 25.8 Å². The molecule has 1 aromatic heterocycles. The number of benzene rings is 1. The summed E-state index contributed by atoms with van der Waals surface area (Å²) < 4.78 is 1.78. The maximum atomic E-state index is 12.4. The van der Waals surface area contributed by atoms with Crippen LogP contribution >= 0.6 is 27.3 Å². The second-order valence-corrected chi connectivity index (χ2v) is 7.35. The average molecular weight is 370 g/mol. The quantitative estimate of drug-likeness (QED) is 0.772. The van der Waals surface area contributed by atoms with Crippen LogP contribution in [0.1, 0.15) is 29.9 Å². The van der Waals surface area contributed by atoms with E-state index in [1.54, 1.807) is 13.8 Å². The van der Waals surface area contributed by atoms with Gasteiger partial charge in [-0.15, -0.1) is 11.3 Å². The maximum Gasteiger partial charge on any atom is 0.263 e. The molecule has 0 aliphatic rings. The molecule has 0 aliphatic heterocycles. The lowest BCUT2D eigenvalue weighted by molar-refractivity contribution is -0.119. The number of primary amides is 1. The van der Waals surface area contributed by atoms with Gasteiger partial charge < -0.3 is 16.8 Å². The van der Waals surface area contributed by atoms with Gasteiger partial charge in [0.2, 0.25) is 5.91 Å². The van der Waals surface area contributed by atoms with Crippen molar-refractivity contribution in [3.63, 3.8) is 0 Å². The molecular weight excluding hydrogens is 354 g/mol. The molecule has 0 saturated heterocycles. The number of fused-ring (bicyclic) bond motifs is 1. The molecule has 0 bridgehead atoms. The summed E-state index contributed by atoms with van der Waals surface area (Å²) in [7, 11) is 0. The Balaban J connectivity index is 2.34. The van der Waals surface area contributed by atoms with E-state index in [4.69, 9.17) is 11.5 Å². The highest BCUT2D eigenvalue weighted by molar-refractivity contribution is 9.10. The highest BCUT2D eigenvalue weighted by Crippen LogP contribution is 2.38. The summed E-state index contributed by atoms with van der Waals surface area (Å²) in [5, 5.41) is 3.63. The predicted molar refractivity (Wildman–Crippen MR) is 89.3 cm³/mol. The van der Waals surface area contributed by atoms with Crippen molar-refractivity contribution < 1.29 is 9.59 Å². The lowest BCUT2D eigenvalue weighted by atomic mass is 10.00. The van der Waals surface area contributed by atoms with E-state index < -0.39 is 11.4 Å². The fourth-order valence-electron chi connectivity index (χ4n) is 2.14. The minimum Gasteiger partial charge on any atom is -0.397 e. The second-order valence-electron chi connectivity index (χ2n) is 5.44. The maximum absolute atomic E-state index is 12.4. The molecule has 0 unspecified atom stereocenters. The van der Waals surface area contributed by atoms with Crippen LogP contribution in [0.5, 0.6) is 0 Å². The van der Waals surface area contributed by atoms with Crippen LogP contribution in [0.2, 0.25) is 0 Å². The number of nitrogens with two attached hydrogens (primary N) is 2. The smallest absolute Gasteiger partial charge is 0.263 e. The molecule has 2 aromatic rings. The van der Waals surface area contributed by atoms with E-state index in [1.165, 1.54) is 11.3 Å². The fourth-order valence-corrected chi connectivity index (χ4v) is 3.90. The minimum atomic E-state index is -0.719. The zero-order valence-electron chi connectivity index (χ0n) is 11.7. The van der Waals surface area contributed by atoms with E-state index in [0.29, 0.717) is 10.6 Å². The summed E-state index contributed by atoms with van der Waals surface area (Å²) in [4.78, 5) is 23.9. The molecule has 5 N–H and O–H groups in total. The number of nitrogen functional groups attached to an aromatic ring is 1. The molecule has 2 rings (SSSR count). The van der Waals surface area contributed by atoms with E-state index in [0.717, 1.165) is 14.6 Å². The molecule has 0 atom stereocenters. The Kier molecular flexibility index (Phi) is 4.25. The number of hydrogen-bond acceptors (Lipinski definition) is 4. The molecule has 21 heavy (non-hydrogen) atoms. The van der Waals surface area contributed by atoms with Crippen molar-refractivity contribution in [3.8, 4) is 0 Å². The summed E-state index contributed by atoms with van der Waals surface area (Å²) in [5.74, 6) is -0.765. The summed E-state index contributed by atoms with van der Waals surface area (Å²) >= 11 is 4.76. The topological polar surface area (TPSA) is 98.2 Å². The van der Waals surface area contributed by atoms with Gasteiger partial charge in [-0.05, 0) is 26.0 Å². The molecular formula is C14H16BrN3O2S. The Labute approximate surface area is 134 Å². The number of anilines is 1. The van der Waals surface area contributed by atoms with Crippen LogP contribution in [0, 0.1) is 0 Å². The third kappa shape index (κ3) is 3.36. The number of halogens is 1. The lowest BCUT2D eigenvalue weighted by Crippen LogP contribution is -2.45. The van der Waals surface area contributed by atoms with Crippen LogP contribution < -0.4 is 16.8 Å².